The molecule has 1 aromatic heterocycles. The number of benzene rings is 1. The Morgan fingerprint density at radius 2 is 1.96 bits per heavy atom. The van der Waals surface area contributed by atoms with E-state index >= 15 is 0 Å². The van der Waals surface area contributed by atoms with Crippen LogP contribution < -0.4 is 5.73 Å². The number of carbonyl (C=O) groups excluding carboxylic acids is 1. The Bertz CT molecular complexity index is 810. The van der Waals surface area contributed by atoms with Gasteiger partial charge in [-0.3, -0.25) is 4.79 Å². The summed E-state index contributed by atoms with van der Waals surface area (Å²) in [6.45, 7) is 9.46. The van der Waals surface area contributed by atoms with Crippen molar-refractivity contribution in [3.05, 3.63) is 47.0 Å². The van der Waals surface area contributed by atoms with Crippen LogP contribution in [0.15, 0.2) is 24.3 Å². The van der Waals surface area contributed by atoms with Crippen LogP contribution in [0, 0.1) is 25.1 Å². The third kappa shape index (κ3) is 3.51. The minimum Gasteiger partial charge on any atom is -0.342 e. The topological polar surface area (TPSA) is 64.2 Å². The van der Waals surface area contributed by atoms with E-state index in [1.54, 1.807) is 16.8 Å². The van der Waals surface area contributed by atoms with Crippen molar-refractivity contribution in [2.75, 3.05) is 13.1 Å². The second kappa shape index (κ2) is 6.83. The molecule has 1 amide bonds. The van der Waals surface area contributed by atoms with Crippen molar-refractivity contribution < 1.29 is 9.18 Å². The van der Waals surface area contributed by atoms with Gasteiger partial charge < -0.3 is 10.6 Å². The summed E-state index contributed by atoms with van der Waals surface area (Å²) in [6.07, 6.45) is 1.15. The van der Waals surface area contributed by atoms with Crippen molar-refractivity contribution in [2.24, 2.45) is 11.1 Å². The summed E-state index contributed by atoms with van der Waals surface area (Å²) < 4.78 is 14.9. The molecule has 1 saturated heterocycles. The van der Waals surface area contributed by atoms with E-state index in [9.17, 15) is 9.18 Å². The van der Waals surface area contributed by atoms with Gasteiger partial charge in [0.05, 0.1) is 17.8 Å². The Balaban J connectivity index is 1.80. The standard InChI is InChI=1S/C20H27FN4O/c1-13-17(11-19(26)24-10-9-18(22)20(3,4)12-24)14(2)25(23-13)16-7-5-15(21)6-8-16/h5-8,18H,9-12,22H2,1-4H3. The van der Waals surface area contributed by atoms with E-state index < -0.39 is 0 Å². The molecule has 0 saturated carbocycles. The second-order valence-electron chi connectivity index (χ2n) is 7.91. The molecule has 26 heavy (non-hydrogen) atoms. The van der Waals surface area contributed by atoms with Gasteiger partial charge >= 0.3 is 0 Å². The number of likely N-dealkylation sites (tertiary alicyclic amines) is 1. The van der Waals surface area contributed by atoms with Gasteiger partial charge in [0.15, 0.2) is 0 Å². The lowest BCUT2D eigenvalue weighted by Gasteiger charge is -2.42. The highest BCUT2D eigenvalue weighted by Gasteiger charge is 2.35. The smallest absolute Gasteiger partial charge is 0.227 e. The predicted molar refractivity (Wildman–Crippen MR) is 99.7 cm³/mol. The first-order chi connectivity index (χ1) is 12.2. The van der Waals surface area contributed by atoms with Crippen molar-refractivity contribution in [3.63, 3.8) is 0 Å². The first-order valence-corrected chi connectivity index (χ1v) is 9.03. The highest BCUT2D eigenvalue weighted by molar-refractivity contribution is 5.79. The summed E-state index contributed by atoms with van der Waals surface area (Å²) in [5.74, 6) is -0.175. The van der Waals surface area contributed by atoms with E-state index in [0.29, 0.717) is 19.5 Å². The molecule has 1 fully saturated rings. The Morgan fingerprint density at radius 3 is 2.58 bits per heavy atom. The van der Waals surface area contributed by atoms with Crippen LogP contribution in [0.1, 0.15) is 37.2 Å². The molecule has 2 heterocycles. The molecule has 2 aromatic rings. The summed E-state index contributed by atoms with van der Waals surface area (Å²) in [4.78, 5) is 14.8. The van der Waals surface area contributed by atoms with Gasteiger partial charge in [-0.1, -0.05) is 13.8 Å². The monoisotopic (exact) mass is 358 g/mol. The lowest BCUT2D eigenvalue weighted by molar-refractivity contribution is -0.133. The Hall–Kier alpha value is -2.21. The third-order valence-electron chi connectivity index (χ3n) is 5.51. The van der Waals surface area contributed by atoms with Crippen molar-refractivity contribution in [1.29, 1.82) is 0 Å². The summed E-state index contributed by atoms with van der Waals surface area (Å²) in [7, 11) is 0. The van der Waals surface area contributed by atoms with Crippen LogP contribution in [0.3, 0.4) is 0 Å². The summed E-state index contributed by atoms with van der Waals surface area (Å²) >= 11 is 0. The van der Waals surface area contributed by atoms with Gasteiger partial charge in [0.1, 0.15) is 5.82 Å². The van der Waals surface area contributed by atoms with E-state index in [0.717, 1.165) is 29.1 Å². The predicted octanol–water partition coefficient (Wildman–Crippen LogP) is 2.76. The summed E-state index contributed by atoms with van der Waals surface area (Å²) in [5, 5.41) is 4.55. The summed E-state index contributed by atoms with van der Waals surface area (Å²) in [6, 6.07) is 6.33. The zero-order valence-electron chi connectivity index (χ0n) is 15.9. The van der Waals surface area contributed by atoms with E-state index in [2.05, 4.69) is 18.9 Å². The number of carbonyl (C=O) groups is 1. The van der Waals surface area contributed by atoms with Gasteiger partial charge in [0.25, 0.3) is 0 Å². The Labute approximate surface area is 154 Å². The van der Waals surface area contributed by atoms with Gasteiger partial charge in [-0.15, -0.1) is 0 Å². The fourth-order valence-corrected chi connectivity index (χ4v) is 3.61. The molecule has 1 aliphatic rings. The number of hydrogen-bond donors (Lipinski definition) is 1. The van der Waals surface area contributed by atoms with Crippen LogP contribution in [0.25, 0.3) is 5.69 Å². The number of aromatic nitrogens is 2. The van der Waals surface area contributed by atoms with E-state index in [-0.39, 0.29) is 23.2 Å². The SMILES string of the molecule is Cc1nn(-c2ccc(F)cc2)c(C)c1CC(=O)N1CCC(N)C(C)(C)C1. The number of hydrogen-bond acceptors (Lipinski definition) is 3. The van der Waals surface area contributed by atoms with E-state index in [1.807, 2.05) is 18.7 Å². The van der Waals surface area contributed by atoms with Gasteiger partial charge in [-0.25, -0.2) is 9.07 Å². The second-order valence-corrected chi connectivity index (χ2v) is 7.91. The van der Waals surface area contributed by atoms with Crippen LogP contribution >= 0.6 is 0 Å². The Morgan fingerprint density at radius 1 is 1.31 bits per heavy atom. The van der Waals surface area contributed by atoms with Crippen LogP contribution in [0.2, 0.25) is 0 Å². The van der Waals surface area contributed by atoms with Gasteiger partial charge in [0, 0.05) is 30.4 Å². The quantitative estimate of drug-likeness (QED) is 0.918. The molecule has 1 aliphatic heterocycles. The first-order valence-electron chi connectivity index (χ1n) is 9.03. The lowest BCUT2D eigenvalue weighted by Crippen LogP contribution is -2.54. The van der Waals surface area contributed by atoms with Crippen molar-refractivity contribution in [3.8, 4) is 5.69 Å². The maximum Gasteiger partial charge on any atom is 0.227 e. The molecule has 3 rings (SSSR count). The van der Waals surface area contributed by atoms with Crippen molar-refractivity contribution >= 4 is 5.91 Å². The van der Waals surface area contributed by atoms with E-state index in [1.165, 1.54) is 12.1 Å². The van der Waals surface area contributed by atoms with Crippen LogP contribution in [0.4, 0.5) is 4.39 Å². The van der Waals surface area contributed by atoms with Crippen molar-refractivity contribution in [1.82, 2.24) is 14.7 Å². The van der Waals surface area contributed by atoms with Crippen molar-refractivity contribution in [2.45, 2.75) is 46.6 Å². The molecular formula is C20H27FN4O. The fourth-order valence-electron chi connectivity index (χ4n) is 3.61. The van der Waals surface area contributed by atoms with Gasteiger partial charge in [0.2, 0.25) is 5.91 Å². The molecule has 1 unspecified atom stereocenters. The highest BCUT2D eigenvalue weighted by atomic mass is 19.1. The number of nitrogens with zero attached hydrogens (tertiary/aromatic N) is 3. The number of rotatable bonds is 3. The number of halogens is 1. The molecule has 140 valence electrons. The molecule has 5 nitrogen and oxygen atoms in total. The van der Waals surface area contributed by atoms with Gasteiger partial charge in [-0.05, 0) is 49.9 Å². The maximum atomic E-state index is 13.2. The van der Waals surface area contributed by atoms with Crippen LogP contribution in [-0.2, 0) is 11.2 Å². The molecule has 0 bridgehead atoms. The zero-order chi connectivity index (χ0) is 19.1. The Kier molecular flexibility index (Phi) is 4.88. The maximum absolute atomic E-state index is 13.2. The first kappa shape index (κ1) is 18.6. The fraction of sp³-hybridized carbons (Fsp3) is 0.500. The molecule has 1 atom stereocenters. The average molecular weight is 358 g/mol. The zero-order valence-corrected chi connectivity index (χ0v) is 15.9. The largest absolute Gasteiger partial charge is 0.342 e. The molecule has 6 heteroatoms. The molecule has 0 aliphatic carbocycles. The molecular weight excluding hydrogens is 331 g/mol. The molecule has 2 N–H and O–H groups in total. The lowest BCUT2D eigenvalue weighted by atomic mass is 9.79. The number of amides is 1. The van der Waals surface area contributed by atoms with E-state index in [4.69, 9.17) is 5.73 Å². The molecule has 0 spiro atoms. The minimum absolute atomic E-state index is 0.0731. The minimum atomic E-state index is -0.281. The summed E-state index contributed by atoms with van der Waals surface area (Å²) in [5.41, 5.74) is 9.57. The van der Waals surface area contributed by atoms with Crippen LogP contribution in [-0.4, -0.2) is 39.7 Å². The number of piperidine rings is 1. The number of aryl methyl sites for hydroxylation is 1. The van der Waals surface area contributed by atoms with Gasteiger partial charge in [-0.2, -0.15) is 5.10 Å². The normalized spacial score (nSPS) is 19.6. The molecule has 1 aromatic carbocycles. The molecule has 0 radical (unpaired) electrons. The highest BCUT2D eigenvalue weighted by Crippen LogP contribution is 2.28. The van der Waals surface area contributed by atoms with Crippen LogP contribution in [0.5, 0.6) is 0 Å². The average Bonchev–Trinajstić information content (AvgIpc) is 2.86. The third-order valence-corrected chi connectivity index (χ3v) is 5.51. The number of nitrogens with two attached hydrogens (primary N) is 1.